The average Bonchev–Trinajstić information content (AvgIpc) is 2.96. The van der Waals surface area contributed by atoms with Crippen LogP contribution < -0.4 is 0 Å². The van der Waals surface area contributed by atoms with Gasteiger partial charge in [-0.05, 0) is 16.3 Å². The molecule has 4 heteroatoms. The topological polar surface area (TPSA) is 34.0 Å². The van der Waals surface area contributed by atoms with E-state index in [4.69, 9.17) is 0 Å². The van der Waals surface area contributed by atoms with Crippen molar-refractivity contribution in [3.63, 3.8) is 0 Å². The summed E-state index contributed by atoms with van der Waals surface area (Å²) >= 11 is 0. The summed E-state index contributed by atoms with van der Waals surface area (Å²) in [5.74, 6) is 0. The number of fused-ring (bicyclic) bond motifs is 1. The van der Waals surface area contributed by atoms with Crippen molar-refractivity contribution in [3.05, 3.63) is 60.4 Å². The maximum atomic E-state index is 4.21. The lowest BCUT2D eigenvalue weighted by Crippen LogP contribution is -2.47. The second kappa shape index (κ2) is 4.72. The predicted octanol–water partition coefficient (Wildman–Crippen LogP) is 2.49. The lowest BCUT2D eigenvalue weighted by atomic mass is 10.0. The third kappa shape index (κ3) is 1.98. The Bertz CT molecular complexity index is 709. The first-order valence-electron chi connectivity index (χ1n) is 6.95. The molecule has 0 unspecified atom stereocenters. The Labute approximate surface area is 117 Å². The lowest BCUT2D eigenvalue weighted by Gasteiger charge is -2.38. The highest BCUT2D eigenvalue weighted by Gasteiger charge is 2.29. The molecule has 1 aliphatic heterocycles. The van der Waals surface area contributed by atoms with Crippen LogP contribution in [-0.2, 0) is 6.54 Å². The molecule has 0 aliphatic carbocycles. The van der Waals surface area contributed by atoms with Crippen molar-refractivity contribution in [3.8, 4) is 0 Å². The molecule has 0 N–H and O–H groups in total. The zero-order chi connectivity index (χ0) is 13.4. The second-order valence-electron chi connectivity index (χ2n) is 5.34. The van der Waals surface area contributed by atoms with E-state index in [1.165, 1.54) is 16.3 Å². The standard InChI is InChI=1S/C16H16N4/c1-2-7-16-13(4-1)5-3-6-14(16)10-19-11-15(12-19)20-17-8-9-18-20/h1-9,15H,10-12H2. The van der Waals surface area contributed by atoms with Crippen LogP contribution in [-0.4, -0.2) is 33.0 Å². The molecule has 4 rings (SSSR count). The Morgan fingerprint density at radius 2 is 1.70 bits per heavy atom. The van der Waals surface area contributed by atoms with Crippen LogP contribution in [0.25, 0.3) is 10.8 Å². The van der Waals surface area contributed by atoms with Crippen LogP contribution in [0.1, 0.15) is 11.6 Å². The molecule has 1 fully saturated rings. The van der Waals surface area contributed by atoms with Crippen molar-refractivity contribution < 1.29 is 0 Å². The molecule has 4 nitrogen and oxygen atoms in total. The van der Waals surface area contributed by atoms with Crippen LogP contribution >= 0.6 is 0 Å². The molecule has 0 bridgehead atoms. The first-order valence-corrected chi connectivity index (χ1v) is 6.95. The fraction of sp³-hybridized carbons (Fsp3) is 0.250. The van der Waals surface area contributed by atoms with Gasteiger partial charge in [-0.25, -0.2) is 0 Å². The molecule has 3 aromatic rings. The smallest absolute Gasteiger partial charge is 0.0969 e. The first-order chi connectivity index (χ1) is 9.90. The van der Waals surface area contributed by atoms with Gasteiger partial charge >= 0.3 is 0 Å². The summed E-state index contributed by atoms with van der Waals surface area (Å²) in [7, 11) is 0. The zero-order valence-electron chi connectivity index (χ0n) is 11.2. The minimum absolute atomic E-state index is 0.431. The van der Waals surface area contributed by atoms with E-state index in [9.17, 15) is 0 Å². The molecule has 2 heterocycles. The van der Waals surface area contributed by atoms with E-state index in [1.807, 2.05) is 4.80 Å². The van der Waals surface area contributed by atoms with Gasteiger partial charge in [0, 0.05) is 19.6 Å². The van der Waals surface area contributed by atoms with Gasteiger partial charge in [0.05, 0.1) is 18.4 Å². The molecular formula is C16H16N4. The summed E-state index contributed by atoms with van der Waals surface area (Å²) in [4.78, 5) is 4.26. The molecule has 0 spiro atoms. The molecule has 0 atom stereocenters. The molecule has 20 heavy (non-hydrogen) atoms. The van der Waals surface area contributed by atoms with Crippen molar-refractivity contribution in [2.45, 2.75) is 12.6 Å². The minimum atomic E-state index is 0.431. The molecule has 100 valence electrons. The number of likely N-dealkylation sites (tertiary alicyclic amines) is 1. The van der Waals surface area contributed by atoms with Gasteiger partial charge in [0.25, 0.3) is 0 Å². The number of nitrogens with zero attached hydrogens (tertiary/aromatic N) is 4. The molecule has 0 saturated carbocycles. The van der Waals surface area contributed by atoms with Gasteiger partial charge < -0.3 is 0 Å². The van der Waals surface area contributed by atoms with Crippen LogP contribution in [0.2, 0.25) is 0 Å². The minimum Gasteiger partial charge on any atom is -0.295 e. The SMILES string of the molecule is c1ccc2c(CN3CC(n4nccn4)C3)cccc2c1. The van der Waals surface area contributed by atoms with Gasteiger partial charge in [-0.3, -0.25) is 4.90 Å². The maximum absolute atomic E-state index is 4.21. The zero-order valence-corrected chi connectivity index (χ0v) is 11.2. The van der Waals surface area contributed by atoms with Crippen molar-refractivity contribution >= 4 is 10.8 Å². The summed E-state index contributed by atoms with van der Waals surface area (Å²) in [6.45, 7) is 3.05. The van der Waals surface area contributed by atoms with Crippen LogP contribution in [0, 0.1) is 0 Å². The molecule has 0 amide bonds. The van der Waals surface area contributed by atoms with Gasteiger partial charge in [-0.1, -0.05) is 42.5 Å². The highest BCUT2D eigenvalue weighted by atomic mass is 15.5. The quantitative estimate of drug-likeness (QED) is 0.729. The highest BCUT2D eigenvalue weighted by molar-refractivity contribution is 5.85. The Kier molecular flexibility index (Phi) is 2.74. The Balaban J connectivity index is 1.50. The lowest BCUT2D eigenvalue weighted by molar-refractivity contribution is 0.0818. The summed E-state index contributed by atoms with van der Waals surface area (Å²) in [6.07, 6.45) is 3.49. The van der Waals surface area contributed by atoms with E-state index in [1.54, 1.807) is 12.4 Å². The van der Waals surface area contributed by atoms with Crippen LogP contribution in [0.15, 0.2) is 54.9 Å². The Hall–Kier alpha value is -2.20. The number of hydrogen-bond donors (Lipinski definition) is 0. The van der Waals surface area contributed by atoms with E-state index in [2.05, 4.69) is 57.6 Å². The fourth-order valence-electron chi connectivity index (χ4n) is 2.90. The predicted molar refractivity (Wildman–Crippen MR) is 78.3 cm³/mol. The summed E-state index contributed by atoms with van der Waals surface area (Å²) in [6, 6.07) is 15.5. The third-order valence-electron chi connectivity index (χ3n) is 3.97. The monoisotopic (exact) mass is 264 g/mol. The molecule has 1 aromatic heterocycles. The van der Waals surface area contributed by atoms with Crippen molar-refractivity contribution in [2.24, 2.45) is 0 Å². The summed E-state index contributed by atoms with van der Waals surface area (Å²) in [5.41, 5.74) is 1.40. The second-order valence-corrected chi connectivity index (χ2v) is 5.34. The van der Waals surface area contributed by atoms with Crippen LogP contribution in [0.4, 0.5) is 0 Å². The van der Waals surface area contributed by atoms with Crippen LogP contribution in [0.3, 0.4) is 0 Å². The molecule has 0 radical (unpaired) electrons. The van der Waals surface area contributed by atoms with Crippen LogP contribution in [0.5, 0.6) is 0 Å². The maximum Gasteiger partial charge on any atom is 0.0969 e. The fourth-order valence-corrected chi connectivity index (χ4v) is 2.90. The highest BCUT2D eigenvalue weighted by Crippen LogP contribution is 2.25. The number of benzene rings is 2. The number of rotatable bonds is 3. The van der Waals surface area contributed by atoms with Gasteiger partial charge in [-0.15, -0.1) is 0 Å². The largest absolute Gasteiger partial charge is 0.295 e. The van der Waals surface area contributed by atoms with E-state index in [0.29, 0.717) is 6.04 Å². The van der Waals surface area contributed by atoms with Crippen molar-refractivity contribution in [1.82, 2.24) is 19.9 Å². The van der Waals surface area contributed by atoms with Crippen molar-refractivity contribution in [1.29, 1.82) is 0 Å². The molecule has 2 aromatic carbocycles. The number of hydrogen-bond acceptors (Lipinski definition) is 3. The third-order valence-corrected chi connectivity index (χ3v) is 3.97. The molecule has 1 saturated heterocycles. The average molecular weight is 264 g/mol. The first kappa shape index (κ1) is 11.6. The Morgan fingerprint density at radius 3 is 2.55 bits per heavy atom. The summed E-state index contributed by atoms with van der Waals surface area (Å²) in [5, 5.41) is 11.1. The van der Waals surface area contributed by atoms with E-state index >= 15 is 0 Å². The molecule has 1 aliphatic rings. The van der Waals surface area contributed by atoms with Gasteiger partial charge in [0.1, 0.15) is 0 Å². The van der Waals surface area contributed by atoms with Crippen molar-refractivity contribution in [2.75, 3.05) is 13.1 Å². The van der Waals surface area contributed by atoms with E-state index in [0.717, 1.165) is 19.6 Å². The van der Waals surface area contributed by atoms with Gasteiger partial charge in [-0.2, -0.15) is 15.0 Å². The van der Waals surface area contributed by atoms with E-state index < -0.39 is 0 Å². The normalized spacial score (nSPS) is 16.4. The summed E-state index contributed by atoms with van der Waals surface area (Å²) < 4.78 is 0. The number of aromatic nitrogens is 3. The Morgan fingerprint density at radius 1 is 0.950 bits per heavy atom. The van der Waals surface area contributed by atoms with Gasteiger partial charge in [0.15, 0.2) is 0 Å². The molecular weight excluding hydrogens is 248 g/mol. The van der Waals surface area contributed by atoms with Gasteiger partial charge in [0.2, 0.25) is 0 Å². The van der Waals surface area contributed by atoms with E-state index in [-0.39, 0.29) is 0 Å².